The van der Waals surface area contributed by atoms with E-state index in [0.717, 1.165) is 17.1 Å². The highest BCUT2D eigenvalue weighted by atomic mass is 32.1. The topological polar surface area (TPSA) is 8.17 Å². The highest BCUT2D eigenvalue weighted by Crippen LogP contribution is 2.42. The van der Waals surface area contributed by atoms with E-state index in [4.69, 9.17) is 0 Å². The van der Waals surface area contributed by atoms with Gasteiger partial charge in [0.05, 0.1) is 16.7 Å². The largest absolute Gasteiger partial charge is 0.310 e. The minimum absolute atomic E-state index is 1.12. The van der Waals surface area contributed by atoms with Gasteiger partial charge >= 0.3 is 0 Å². The van der Waals surface area contributed by atoms with Crippen molar-refractivity contribution in [3.63, 3.8) is 0 Å². The third kappa shape index (κ3) is 4.55. The Hall–Kier alpha value is -6.16. The third-order valence-electron chi connectivity index (χ3n) is 9.75. The van der Waals surface area contributed by atoms with Crippen LogP contribution in [0, 0.1) is 0 Å². The van der Waals surface area contributed by atoms with Gasteiger partial charge in [-0.05, 0) is 83.2 Å². The van der Waals surface area contributed by atoms with Crippen molar-refractivity contribution in [3.05, 3.63) is 182 Å². The number of benzene rings is 8. The second-order valence-electron chi connectivity index (χ2n) is 12.6. The molecule has 0 spiro atoms. The fourth-order valence-corrected chi connectivity index (χ4v) is 8.66. The highest BCUT2D eigenvalue weighted by molar-refractivity contribution is 7.25. The van der Waals surface area contributed by atoms with Crippen molar-refractivity contribution in [2.75, 3.05) is 4.90 Å². The molecule has 0 amide bonds. The number of anilines is 3. The molecule has 10 aromatic rings. The third-order valence-corrected chi connectivity index (χ3v) is 10.9. The Kier molecular flexibility index (Phi) is 6.39. The SMILES string of the molecule is c1ccc(N(c2cccc(-c3ccc4c(c3)c3ccccc3n4-c3ccc4c(c3)sc3ccccc34)c2)c2cccc3ccccc23)cc1. The molecule has 3 heteroatoms. The van der Waals surface area contributed by atoms with Crippen molar-refractivity contribution in [2.24, 2.45) is 0 Å². The molecule has 2 nitrogen and oxygen atoms in total. The van der Waals surface area contributed by atoms with Gasteiger partial charge in [-0.2, -0.15) is 0 Å². The van der Waals surface area contributed by atoms with Crippen molar-refractivity contribution in [1.29, 1.82) is 0 Å². The summed E-state index contributed by atoms with van der Waals surface area (Å²) in [5.74, 6) is 0. The molecule has 0 aliphatic heterocycles. The van der Waals surface area contributed by atoms with E-state index in [9.17, 15) is 0 Å². The molecular weight excluding hydrogens is 613 g/mol. The number of thiophene rings is 1. The molecule has 8 aromatic carbocycles. The smallest absolute Gasteiger partial charge is 0.0541 e. The summed E-state index contributed by atoms with van der Waals surface area (Å²) in [4.78, 5) is 2.38. The minimum Gasteiger partial charge on any atom is -0.310 e. The molecule has 0 aliphatic rings. The number of fused-ring (bicyclic) bond motifs is 7. The van der Waals surface area contributed by atoms with Gasteiger partial charge in [-0.25, -0.2) is 0 Å². The van der Waals surface area contributed by atoms with Gasteiger partial charge in [0.1, 0.15) is 0 Å². The summed E-state index contributed by atoms with van der Waals surface area (Å²) in [7, 11) is 0. The molecule has 0 atom stereocenters. The lowest BCUT2D eigenvalue weighted by Gasteiger charge is -2.27. The molecule has 0 fully saturated rings. The van der Waals surface area contributed by atoms with Gasteiger partial charge in [0, 0.05) is 53.4 Å². The molecule has 230 valence electrons. The Bertz CT molecular complexity index is 2840. The first kappa shape index (κ1) is 27.9. The number of hydrogen-bond donors (Lipinski definition) is 0. The first-order valence-corrected chi connectivity index (χ1v) is 17.5. The molecule has 0 bridgehead atoms. The molecule has 0 unspecified atom stereocenters. The highest BCUT2D eigenvalue weighted by Gasteiger charge is 2.18. The van der Waals surface area contributed by atoms with E-state index in [1.54, 1.807) is 0 Å². The maximum atomic E-state index is 2.42. The van der Waals surface area contributed by atoms with Crippen LogP contribution in [0.4, 0.5) is 17.1 Å². The fraction of sp³-hybridized carbons (Fsp3) is 0. The zero-order chi connectivity index (χ0) is 32.3. The van der Waals surface area contributed by atoms with E-state index in [1.165, 1.54) is 69.6 Å². The van der Waals surface area contributed by atoms with Gasteiger partial charge in [-0.1, -0.05) is 115 Å². The van der Waals surface area contributed by atoms with E-state index >= 15 is 0 Å². The molecule has 49 heavy (non-hydrogen) atoms. The van der Waals surface area contributed by atoms with E-state index < -0.39 is 0 Å². The Balaban J connectivity index is 1.13. The molecule has 2 aromatic heterocycles. The lowest BCUT2D eigenvalue weighted by molar-refractivity contribution is 1.19. The van der Waals surface area contributed by atoms with Crippen molar-refractivity contribution in [2.45, 2.75) is 0 Å². The zero-order valence-electron chi connectivity index (χ0n) is 26.6. The number of para-hydroxylation sites is 2. The molecular formula is C46H30N2S. The van der Waals surface area contributed by atoms with Gasteiger partial charge in [0.15, 0.2) is 0 Å². The summed E-state index contributed by atoms with van der Waals surface area (Å²) < 4.78 is 5.06. The summed E-state index contributed by atoms with van der Waals surface area (Å²) in [6.07, 6.45) is 0. The molecule has 0 radical (unpaired) electrons. The summed E-state index contributed by atoms with van der Waals surface area (Å²) in [6.45, 7) is 0. The van der Waals surface area contributed by atoms with Crippen LogP contribution in [-0.4, -0.2) is 4.57 Å². The summed E-state index contributed by atoms with van der Waals surface area (Å²) >= 11 is 1.87. The lowest BCUT2D eigenvalue weighted by atomic mass is 10.0. The zero-order valence-corrected chi connectivity index (χ0v) is 27.4. The normalized spacial score (nSPS) is 11.7. The second-order valence-corrected chi connectivity index (χ2v) is 13.7. The summed E-state index contributed by atoms with van der Waals surface area (Å²) in [6, 6.07) is 66.2. The van der Waals surface area contributed by atoms with E-state index in [-0.39, 0.29) is 0 Å². The van der Waals surface area contributed by atoms with Gasteiger partial charge in [0.25, 0.3) is 0 Å². The fourth-order valence-electron chi connectivity index (χ4n) is 7.52. The molecule has 0 saturated heterocycles. The van der Waals surface area contributed by atoms with Gasteiger partial charge in [-0.3, -0.25) is 0 Å². The van der Waals surface area contributed by atoms with Crippen LogP contribution < -0.4 is 4.90 Å². The van der Waals surface area contributed by atoms with Gasteiger partial charge in [0.2, 0.25) is 0 Å². The number of rotatable bonds is 5. The van der Waals surface area contributed by atoms with Crippen LogP contribution in [0.15, 0.2) is 182 Å². The van der Waals surface area contributed by atoms with Gasteiger partial charge in [-0.15, -0.1) is 11.3 Å². The van der Waals surface area contributed by atoms with Crippen LogP contribution >= 0.6 is 11.3 Å². The molecule has 2 heterocycles. The molecule has 10 rings (SSSR count). The predicted molar refractivity (Wildman–Crippen MR) is 211 cm³/mol. The summed E-state index contributed by atoms with van der Waals surface area (Å²) in [5.41, 5.74) is 9.42. The standard InChI is InChI=1S/C46H30N2S/c1-2-15-34(16-3-1)47(42-22-11-13-31-12-4-5-18-37(31)42)35-17-10-14-32(28-35)33-24-27-44-41(29-33)38-19-6-8-21-43(38)48(44)36-25-26-40-39-20-7-9-23-45(39)49-46(40)30-36/h1-30H. The Labute approximate surface area is 288 Å². The van der Waals surface area contributed by atoms with Crippen LogP contribution in [0.3, 0.4) is 0 Å². The summed E-state index contributed by atoms with van der Waals surface area (Å²) in [5, 5.41) is 7.61. The van der Waals surface area contributed by atoms with Crippen LogP contribution in [-0.2, 0) is 0 Å². The van der Waals surface area contributed by atoms with Crippen molar-refractivity contribution in [3.8, 4) is 16.8 Å². The Morgan fingerprint density at radius 3 is 1.98 bits per heavy atom. The van der Waals surface area contributed by atoms with Crippen LogP contribution in [0.25, 0.3) is 69.6 Å². The second kappa shape index (κ2) is 11.2. The molecule has 0 N–H and O–H groups in total. The van der Waals surface area contributed by atoms with Crippen LogP contribution in [0.1, 0.15) is 0 Å². The average molecular weight is 643 g/mol. The minimum atomic E-state index is 1.12. The average Bonchev–Trinajstić information content (AvgIpc) is 3.70. The van der Waals surface area contributed by atoms with E-state index in [1.807, 2.05) is 11.3 Å². The number of nitrogens with zero attached hydrogens (tertiary/aromatic N) is 2. The van der Waals surface area contributed by atoms with Crippen LogP contribution in [0.5, 0.6) is 0 Å². The molecule has 0 aliphatic carbocycles. The number of hydrogen-bond acceptors (Lipinski definition) is 2. The quantitative estimate of drug-likeness (QED) is 0.181. The van der Waals surface area contributed by atoms with Gasteiger partial charge < -0.3 is 9.47 Å². The van der Waals surface area contributed by atoms with Crippen molar-refractivity contribution < 1.29 is 0 Å². The Morgan fingerprint density at radius 1 is 0.388 bits per heavy atom. The van der Waals surface area contributed by atoms with Crippen molar-refractivity contribution >= 4 is 81.1 Å². The molecule has 0 saturated carbocycles. The number of aromatic nitrogens is 1. The first-order chi connectivity index (χ1) is 24.3. The maximum Gasteiger partial charge on any atom is 0.0541 e. The Morgan fingerprint density at radius 2 is 1.06 bits per heavy atom. The van der Waals surface area contributed by atoms with Crippen LogP contribution in [0.2, 0.25) is 0 Å². The lowest BCUT2D eigenvalue weighted by Crippen LogP contribution is -2.10. The monoisotopic (exact) mass is 642 g/mol. The first-order valence-electron chi connectivity index (χ1n) is 16.7. The predicted octanol–water partition coefficient (Wildman–Crippen LogP) is 13.4. The van der Waals surface area contributed by atoms with Crippen molar-refractivity contribution in [1.82, 2.24) is 4.57 Å². The van der Waals surface area contributed by atoms with E-state index in [0.29, 0.717) is 0 Å². The van der Waals surface area contributed by atoms with E-state index in [2.05, 4.69) is 191 Å². The maximum absolute atomic E-state index is 2.42.